The lowest BCUT2D eigenvalue weighted by Gasteiger charge is -2.06. The number of anilines is 1. The first kappa shape index (κ1) is 9.89. The third-order valence-electron chi connectivity index (χ3n) is 2.89. The van der Waals surface area contributed by atoms with Crippen LogP contribution in [0, 0.1) is 6.92 Å². The number of hydrogen-bond acceptors (Lipinski definition) is 3. The van der Waals surface area contributed by atoms with E-state index in [0.717, 1.165) is 28.8 Å². The van der Waals surface area contributed by atoms with Crippen LogP contribution in [0.4, 0.5) is 5.69 Å². The summed E-state index contributed by atoms with van der Waals surface area (Å²) in [6, 6.07) is 6.06. The molecule has 0 saturated heterocycles. The van der Waals surface area contributed by atoms with Crippen LogP contribution < -0.4 is 5.32 Å². The molecule has 0 spiro atoms. The second kappa shape index (κ2) is 3.93. The van der Waals surface area contributed by atoms with Crippen molar-refractivity contribution in [2.24, 2.45) is 0 Å². The Kier molecular flexibility index (Phi) is 2.29. The Morgan fingerprint density at radius 1 is 1.18 bits per heavy atom. The van der Waals surface area contributed by atoms with Gasteiger partial charge in [0.25, 0.3) is 0 Å². The van der Waals surface area contributed by atoms with Crippen LogP contribution in [0.15, 0.2) is 30.6 Å². The van der Waals surface area contributed by atoms with E-state index in [-0.39, 0.29) is 0 Å². The smallest absolute Gasteiger partial charge is 0.0671 e. The first-order valence-corrected chi connectivity index (χ1v) is 5.49. The van der Waals surface area contributed by atoms with Crippen LogP contribution in [0.1, 0.15) is 11.3 Å². The van der Waals surface area contributed by atoms with Crippen molar-refractivity contribution >= 4 is 16.6 Å². The molecule has 0 bridgehead atoms. The van der Waals surface area contributed by atoms with Crippen molar-refractivity contribution in [1.29, 1.82) is 0 Å². The molecule has 5 heteroatoms. The Morgan fingerprint density at radius 2 is 2.06 bits per heavy atom. The Morgan fingerprint density at radius 3 is 2.88 bits per heavy atom. The summed E-state index contributed by atoms with van der Waals surface area (Å²) in [5, 5.41) is 18.4. The minimum absolute atomic E-state index is 0.757. The van der Waals surface area contributed by atoms with E-state index in [1.807, 2.05) is 37.5 Å². The molecule has 0 fully saturated rings. The maximum absolute atomic E-state index is 4.04. The molecule has 86 valence electrons. The van der Waals surface area contributed by atoms with E-state index in [9.17, 15) is 0 Å². The molecule has 1 aromatic carbocycles. The van der Waals surface area contributed by atoms with Gasteiger partial charge in [-0.3, -0.25) is 10.2 Å². The van der Waals surface area contributed by atoms with Gasteiger partial charge in [-0.25, -0.2) is 0 Å². The zero-order valence-electron chi connectivity index (χ0n) is 9.49. The third kappa shape index (κ3) is 1.75. The van der Waals surface area contributed by atoms with Gasteiger partial charge in [-0.2, -0.15) is 10.2 Å². The predicted octanol–water partition coefficient (Wildman–Crippen LogP) is 2.21. The molecule has 2 aromatic heterocycles. The van der Waals surface area contributed by atoms with Crippen LogP contribution in [0.25, 0.3) is 10.9 Å². The molecule has 0 aliphatic heterocycles. The summed E-state index contributed by atoms with van der Waals surface area (Å²) in [4.78, 5) is 0. The van der Waals surface area contributed by atoms with E-state index < -0.39 is 0 Å². The number of aromatic nitrogens is 4. The van der Waals surface area contributed by atoms with Gasteiger partial charge in [-0.05, 0) is 19.1 Å². The van der Waals surface area contributed by atoms with Crippen molar-refractivity contribution in [3.63, 3.8) is 0 Å². The van der Waals surface area contributed by atoms with Crippen LogP contribution in [0.3, 0.4) is 0 Å². The highest BCUT2D eigenvalue weighted by Crippen LogP contribution is 2.21. The van der Waals surface area contributed by atoms with Crippen molar-refractivity contribution in [2.45, 2.75) is 13.5 Å². The molecule has 0 saturated carbocycles. The zero-order chi connectivity index (χ0) is 11.7. The van der Waals surface area contributed by atoms with Crippen molar-refractivity contribution < 1.29 is 0 Å². The molecular formula is C12H13N5. The minimum atomic E-state index is 0.757. The molecule has 3 rings (SSSR count). The molecule has 0 aliphatic rings. The van der Waals surface area contributed by atoms with Gasteiger partial charge in [-0.1, -0.05) is 6.07 Å². The third-order valence-corrected chi connectivity index (χ3v) is 2.89. The number of fused-ring (bicyclic) bond motifs is 1. The normalized spacial score (nSPS) is 10.9. The number of nitrogens with zero attached hydrogens (tertiary/aromatic N) is 2. The summed E-state index contributed by atoms with van der Waals surface area (Å²) in [6.07, 6.45) is 3.68. The summed E-state index contributed by atoms with van der Waals surface area (Å²) >= 11 is 0. The molecule has 3 N–H and O–H groups in total. The maximum atomic E-state index is 4.04. The lowest BCUT2D eigenvalue weighted by molar-refractivity contribution is 1.04. The van der Waals surface area contributed by atoms with E-state index >= 15 is 0 Å². The van der Waals surface area contributed by atoms with E-state index in [1.165, 1.54) is 5.56 Å². The SMILES string of the molecule is Cc1[nH]ncc1CNc1cccc2[nH]ncc12. The Bertz CT molecular complexity index is 637. The topological polar surface area (TPSA) is 69.4 Å². The average Bonchev–Trinajstić information content (AvgIpc) is 2.95. The van der Waals surface area contributed by atoms with Gasteiger partial charge in [0.15, 0.2) is 0 Å². The van der Waals surface area contributed by atoms with Crippen molar-refractivity contribution in [1.82, 2.24) is 20.4 Å². The van der Waals surface area contributed by atoms with Gasteiger partial charge in [0.2, 0.25) is 0 Å². The zero-order valence-corrected chi connectivity index (χ0v) is 9.49. The Balaban J connectivity index is 1.86. The molecule has 3 aromatic rings. The van der Waals surface area contributed by atoms with E-state index in [2.05, 4.69) is 25.7 Å². The average molecular weight is 227 g/mol. The molecular weight excluding hydrogens is 214 g/mol. The molecule has 17 heavy (non-hydrogen) atoms. The number of benzene rings is 1. The number of H-pyrrole nitrogens is 2. The maximum Gasteiger partial charge on any atom is 0.0671 e. The first-order valence-electron chi connectivity index (χ1n) is 5.49. The highest BCUT2D eigenvalue weighted by atomic mass is 15.1. The molecule has 0 atom stereocenters. The summed E-state index contributed by atoms with van der Waals surface area (Å²) < 4.78 is 0. The number of hydrogen-bond donors (Lipinski definition) is 3. The molecule has 5 nitrogen and oxygen atoms in total. The molecule has 2 heterocycles. The van der Waals surface area contributed by atoms with Gasteiger partial charge in [-0.15, -0.1) is 0 Å². The van der Waals surface area contributed by atoms with Gasteiger partial charge in [0.05, 0.1) is 17.9 Å². The minimum Gasteiger partial charge on any atom is -0.380 e. The van der Waals surface area contributed by atoms with Crippen LogP contribution >= 0.6 is 0 Å². The second-order valence-corrected chi connectivity index (χ2v) is 4.01. The van der Waals surface area contributed by atoms with Gasteiger partial charge in [0, 0.05) is 28.9 Å². The fourth-order valence-electron chi connectivity index (χ4n) is 1.87. The molecule has 0 radical (unpaired) electrons. The number of aromatic amines is 2. The molecule has 0 amide bonds. The van der Waals surface area contributed by atoms with Crippen molar-refractivity contribution in [2.75, 3.05) is 5.32 Å². The lowest BCUT2D eigenvalue weighted by atomic mass is 10.2. The van der Waals surface area contributed by atoms with Crippen LogP contribution in [0.5, 0.6) is 0 Å². The summed E-state index contributed by atoms with van der Waals surface area (Å²) in [7, 11) is 0. The lowest BCUT2D eigenvalue weighted by Crippen LogP contribution is -1.99. The largest absolute Gasteiger partial charge is 0.380 e. The monoisotopic (exact) mass is 227 g/mol. The molecule has 0 unspecified atom stereocenters. The standard InChI is InChI=1S/C12H13N5/c1-8-9(6-14-16-8)5-13-11-3-2-4-12-10(11)7-15-17-12/h2-4,6-7,13H,5H2,1H3,(H,14,16)(H,15,17). The number of rotatable bonds is 3. The van der Waals surface area contributed by atoms with Gasteiger partial charge < -0.3 is 5.32 Å². The van der Waals surface area contributed by atoms with Gasteiger partial charge >= 0.3 is 0 Å². The first-order chi connectivity index (χ1) is 8.34. The van der Waals surface area contributed by atoms with Crippen LogP contribution in [-0.4, -0.2) is 20.4 Å². The van der Waals surface area contributed by atoms with Crippen molar-refractivity contribution in [3.05, 3.63) is 41.9 Å². The summed E-state index contributed by atoms with van der Waals surface area (Å²) in [5.74, 6) is 0. The number of aryl methyl sites for hydroxylation is 1. The van der Waals surface area contributed by atoms with Crippen molar-refractivity contribution in [3.8, 4) is 0 Å². The second-order valence-electron chi connectivity index (χ2n) is 4.01. The van der Waals surface area contributed by atoms with E-state index in [1.54, 1.807) is 0 Å². The Labute approximate surface area is 98.2 Å². The van der Waals surface area contributed by atoms with Crippen LogP contribution in [0.2, 0.25) is 0 Å². The predicted molar refractivity (Wildman–Crippen MR) is 66.7 cm³/mol. The van der Waals surface area contributed by atoms with Crippen LogP contribution in [-0.2, 0) is 6.54 Å². The summed E-state index contributed by atoms with van der Waals surface area (Å²) in [6.45, 7) is 2.77. The quantitative estimate of drug-likeness (QED) is 0.642. The molecule has 0 aliphatic carbocycles. The van der Waals surface area contributed by atoms with Gasteiger partial charge in [0.1, 0.15) is 0 Å². The summed E-state index contributed by atoms with van der Waals surface area (Å²) in [5.41, 5.74) is 4.39. The fourth-order valence-corrected chi connectivity index (χ4v) is 1.87. The number of nitrogens with one attached hydrogen (secondary N) is 3. The highest BCUT2D eigenvalue weighted by Gasteiger charge is 2.03. The highest BCUT2D eigenvalue weighted by molar-refractivity contribution is 5.90. The fraction of sp³-hybridized carbons (Fsp3) is 0.167. The van der Waals surface area contributed by atoms with E-state index in [4.69, 9.17) is 0 Å². The Hall–Kier alpha value is -2.30. The van der Waals surface area contributed by atoms with E-state index in [0.29, 0.717) is 0 Å².